The number of nitrogens with zero attached hydrogens (tertiary/aromatic N) is 3. The molecule has 0 bridgehead atoms. The van der Waals surface area contributed by atoms with Crippen molar-refractivity contribution in [3.8, 4) is 5.69 Å². The molecule has 0 aliphatic carbocycles. The molecular formula is C23H25FN4O3S. The average Bonchev–Trinajstić information content (AvgIpc) is 3.32. The largest absolute Gasteiger partial charge is 0.348 e. The van der Waals surface area contributed by atoms with Crippen LogP contribution in [0.4, 0.5) is 4.39 Å². The maximum atomic E-state index is 14.4. The van der Waals surface area contributed by atoms with E-state index in [9.17, 15) is 17.6 Å². The molecule has 3 aromatic rings. The molecule has 7 nitrogen and oxygen atoms in total. The van der Waals surface area contributed by atoms with Crippen molar-refractivity contribution < 1.29 is 17.6 Å². The third-order valence-electron chi connectivity index (χ3n) is 5.69. The van der Waals surface area contributed by atoms with Crippen molar-refractivity contribution in [1.82, 2.24) is 19.2 Å². The van der Waals surface area contributed by atoms with E-state index in [1.165, 1.54) is 28.8 Å². The molecule has 1 atom stereocenters. The summed E-state index contributed by atoms with van der Waals surface area (Å²) in [6, 6.07) is 10.7. The first kappa shape index (κ1) is 22.2. The Balaban J connectivity index is 1.46. The zero-order chi connectivity index (χ0) is 22.7. The highest BCUT2D eigenvalue weighted by molar-refractivity contribution is 7.89. The lowest BCUT2D eigenvalue weighted by Crippen LogP contribution is -2.42. The number of rotatable bonds is 6. The molecule has 1 aliphatic rings. The topological polar surface area (TPSA) is 84.3 Å². The van der Waals surface area contributed by atoms with Crippen molar-refractivity contribution in [1.29, 1.82) is 0 Å². The quantitative estimate of drug-likeness (QED) is 0.615. The van der Waals surface area contributed by atoms with E-state index in [0.717, 1.165) is 19.3 Å². The van der Waals surface area contributed by atoms with Gasteiger partial charge in [-0.2, -0.15) is 4.31 Å². The number of carbonyl (C=O) groups is 1. The highest BCUT2D eigenvalue weighted by atomic mass is 32.2. The number of halogens is 1. The van der Waals surface area contributed by atoms with Crippen LogP contribution < -0.4 is 5.32 Å². The maximum Gasteiger partial charge on any atom is 0.251 e. The van der Waals surface area contributed by atoms with Gasteiger partial charge in [0.15, 0.2) is 0 Å². The van der Waals surface area contributed by atoms with Crippen LogP contribution in [0.15, 0.2) is 66.1 Å². The van der Waals surface area contributed by atoms with Crippen molar-refractivity contribution in [2.75, 3.05) is 6.54 Å². The van der Waals surface area contributed by atoms with Gasteiger partial charge in [-0.3, -0.25) is 4.79 Å². The van der Waals surface area contributed by atoms with Gasteiger partial charge in [-0.15, -0.1) is 0 Å². The Kier molecular flexibility index (Phi) is 6.38. The Morgan fingerprint density at radius 1 is 1.22 bits per heavy atom. The summed E-state index contributed by atoms with van der Waals surface area (Å²) in [6.45, 7) is 2.51. The van der Waals surface area contributed by atoms with Gasteiger partial charge in [0, 0.05) is 37.1 Å². The van der Waals surface area contributed by atoms with Crippen LogP contribution in [0.1, 0.15) is 42.1 Å². The van der Waals surface area contributed by atoms with Gasteiger partial charge < -0.3 is 9.88 Å². The molecule has 2 aromatic carbocycles. The van der Waals surface area contributed by atoms with E-state index in [-0.39, 0.29) is 23.0 Å². The minimum Gasteiger partial charge on any atom is -0.348 e. The fourth-order valence-corrected chi connectivity index (χ4v) is 5.66. The molecule has 1 amide bonds. The zero-order valence-electron chi connectivity index (χ0n) is 17.7. The lowest BCUT2D eigenvalue weighted by molar-refractivity contribution is 0.0950. The van der Waals surface area contributed by atoms with Gasteiger partial charge in [-0.25, -0.2) is 17.8 Å². The first-order valence-electron chi connectivity index (χ1n) is 10.5. The predicted molar refractivity (Wildman–Crippen MR) is 118 cm³/mol. The third-order valence-corrected chi connectivity index (χ3v) is 7.70. The van der Waals surface area contributed by atoms with Gasteiger partial charge >= 0.3 is 0 Å². The summed E-state index contributed by atoms with van der Waals surface area (Å²) in [7, 11) is -3.67. The van der Waals surface area contributed by atoms with Gasteiger partial charge in [0.25, 0.3) is 5.91 Å². The molecule has 1 aromatic heterocycles. The van der Waals surface area contributed by atoms with E-state index >= 15 is 0 Å². The molecule has 1 fully saturated rings. The van der Waals surface area contributed by atoms with E-state index in [1.54, 1.807) is 41.2 Å². The number of nitrogens with one attached hydrogen (secondary N) is 1. The summed E-state index contributed by atoms with van der Waals surface area (Å²) in [5.41, 5.74) is 1.19. The molecule has 1 aliphatic heterocycles. The van der Waals surface area contributed by atoms with Gasteiger partial charge in [-0.05, 0) is 55.7 Å². The summed E-state index contributed by atoms with van der Waals surface area (Å²) in [5.74, 6) is -0.855. The van der Waals surface area contributed by atoms with Gasteiger partial charge in [0.2, 0.25) is 10.0 Å². The van der Waals surface area contributed by atoms with E-state index in [0.29, 0.717) is 17.8 Å². The smallest absolute Gasteiger partial charge is 0.251 e. The van der Waals surface area contributed by atoms with Crippen LogP contribution in [0.3, 0.4) is 0 Å². The number of hydrogen-bond donors (Lipinski definition) is 1. The van der Waals surface area contributed by atoms with Gasteiger partial charge in [0.1, 0.15) is 5.82 Å². The van der Waals surface area contributed by atoms with Crippen molar-refractivity contribution in [2.45, 2.75) is 43.7 Å². The number of amides is 1. The Hall–Kier alpha value is -3.04. The number of benzene rings is 2. The number of piperidine rings is 1. The second-order valence-corrected chi connectivity index (χ2v) is 9.82. The second kappa shape index (κ2) is 9.22. The van der Waals surface area contributed by atoms with Gasteiger partial charge in [-0.1, -0.05) is 18.6 Å². The van der Waals surface area contributed by atoms with Crippen LogP contribution in [-0.4, -0.2) is 40.8 Å². The molecule has 4 rings (SSSR count). The minimum atomic E-state index is -3.67. The molecule has 1 unspecified atom stereocenters. The first-order chi connectivity index (χ1) is 15.4. The highest BCUT2D eigenvalue weighted by Crippen LogP contribution is 2.25. The number of imidazole rings is 1. The van der Waals surface area contributed by atoms with Crippen molar-refractivity contribution in [3.63, 3.8) is 0 Å². The fraction of sp³-hybridized carbons (Fsp3) is 0.304. The van der Waals surface area contributed by atoms with E-state index in [1.807, 2.05) is 6.92 Å². The predicted octanol–water partition coefficient (Wildman–Crippen LogP) is 3.50. The van der Waals surface area contributed by atoms with Crippen molar-refractivity contribution in [3.05, 3.63) is 78.1 Å². The van der Waals surface area contributed by atoms with Crippen molar-refractivity contribution in [2.24, 2.45) is 0 Å². The maximum absolute atomic E-state index is 14.4. The molecule has 1 saturated heterocycles. The molecule has 1 N–H and O–H groups in total. The summed E-state index contributed by atoms with van der Waals surface area (Å²) < 4.78 is 43.6. The van der Waals surface area contributed by atoms with Gasteiger partial charge in [0.05, 0.1) is 16.9 Å². The summed E-state index contributed by atoms with van der Waals surface area (Å²) in [6.07, 6.45) is 7.39. The normalized spacial score (nSPS) is 17.2. The molecule has 2 heterocycles. The van der Waals surface area contributed by atoms with E-state index < -0.39 is 21.7 Å². The lowest BCUT2D eigenvalue weighted by atomic mass is 10.1. The third kappa shape index (κ3) is 4.58. The SMILES string of the molecule is CC1CCCCN1S(=O)(=O)c1cccc(C(=O)NCc2ccc(-n3ccnc3)c(F)c2)c1. The molecule has 0 radical (unpaired) electrons. The summed E-state index contributed by atoms with van der Waals surface area (Å²) >= 11 is 0. The minimum absolute atomic E-state index is 0.0635. The fourth-order valence-electron chi connectivity index (χ4n) is 3.92. The monoisotopic (exact) mass is 456 g/mol. The summed E-state index contributed by atoms with van der Waals surface area (Å²) in [5, 5.41) is 2.73. The molecule has 168 valence electrons. The van der Waals surface area contributed by atoms with Crippen LogP contribution in [0.25, 0.3) is 5.69 Å². The molecule has 9 heteroatoms. The number of carbonyl (C=O) groups excluding carboxylic acids is 1. The molecule has 0 spiro atoms. The lowest BCUT2D eigenvalue weighted by Gasteiger charge is -2.32. The second-order valence-electron chi connectivity index (χ2n) is 7.93. The zero-order valence-corrected chi connectivity index (χ0v) is 18.6. The Morgan fingerprint density at radius 2 is 2.06 bits per heavy atom. The molecular weight excluding hydrogens is 431 g/mol. The van der Waals surface area contributed by atoms with E-state index in [2.05, 4.69) is 10.3 Å². The summed E-state index contributed by atoms with van der Waals surface area (Å²) in [4.78, 5) is 16.7. The van der Waals surface area contributed by atoms with Crippen LogP contribution in [0, 0.1) is 5.82 Å². The molecule has 0 saturated carbocycles. The van der Waals surface area contributed by atoms with Crippen LogP contribution >= 0.6 is 0 Å². The average molecular weight is 457 g/mol. The number of hydrogen-bond acceptors (Lipinski definition) is 4. The Labute approximate surface area is 186 Å². The standard InChI is InChI=1S/C23H25FN4O3S/c1-17-5-2-3-11-28(17)32(30,31)20-7-4-6-19(14-20)23(29)26-15-18-8-9-22(21(24)13-18)27-12-10-25-16-27/h4,6-10,12-14,16-17H,2-3,5,11,15H2,1H3,(H,26,29). The highest BCUT2D eigenvalue weighted by Gasteiger charge is 2.31. The van der Waals surface area contributed by atoms with Crippen molar-refractivity contribution >= 4 is 15.9 Å². The molecule has 32 heavy (non-hydrogen) atoms. The Bertz CT molecular complexity index is 1210. The van der Waals surface area contributed by atoms with Crippen LogP contribution in [0.5, 0.6) is 0 Å². The van der Waals surface area contributed by atoms with Crippen LogP contribution in [0.2, 0.25) is 0 Å². The number of aromatic nitrogens is 2. The van der Waals surface area contributed by atoms with Crippen LogP contribution in [-0.2, 0) is 16.6 Å². The number of sulfonamides is 1. The first-order valence-corrected chi connectivity index (χ1v) is 12.0. The Morgan fingerprint density at radius 3 is 2.78 bits per heavy atom. The van der Waals surface area contributed by atoms with E-state index in [4.69, 9.17) is 0 Å².